The molecule has 0 amide bonds. The molecule has 0 spiro atoms. The van der Waals surface area contributed by atoms with Gasteiger partial charge in [0.1, 0.15) is 12.0 Å². The second-order valence-corrected chi connectivity index (χ2v) is 4.41. The summed E-state index contributed by atoms with van der Waals surface area (Å²) in [5.41, 5.74) is 7.87. The van der Waals surface area contributed by atoms with E-state index in [4.69, 9.17) is 10.8 Å². The van der Waals surface area contributed by atoms with Gasteiger partial charge in [-0.2, -0.15) is 5.10 Å². The number of aromatic amines is 1. The highest BCUT2D eigenvalue weighted by Gasteiger charge is 2.09. The normalized spacial score (nSPS) is 13.0. The molecular weight excluding hydrogens is 247 g/mol. The van der Waals surface area contributed by atoms with Crippen LogP contribution in [0.25, 0.3) is 22.0 Å². The van der Waals surface area contributed by atoms with E-state index in [1.165, 1.54) is 12.1 Å². The third kappa shape index (κ3) is 2.23. The Labute approximate surface area is 108 Å². The molecule has 3 aromatic rings. The number of nitrogens with two attached hydrogens (primary N) is 1. The molecule has 0 saturated heterocycles. The van der Waals surface area contributed by atoms with Crippen LogP contribution in [0.1, 0.15) is 0 Å². The zero-order valence-electron chi connectivity index (χ0n) is 10.0. The van der Waals surface area contributed by atoms with Crippen molar-refractivity contribution in [3.63, 3.8) is 0 Å². The Hall–Kier alpha value is -2.18. The zero-order chi connectivity index (χ0) is 13.4. The average molecular weight is 260 g/mol. The molecule has 19 heavy (non-hydrogen) atoms. The lowest BCUT2D eigenvalue weighted by molar-refractivity contribution is 0.156. The Morgan fingerprint density at radius 3 is 3.11 bits per heavy atom. The molecule has 1 aromatic carbocycles. The summed E-state index contributed by atoms with van der Waals surface area (Å²) in [6.45, 7) is 0.233. The van der Waals surface area contributed by atoms with Gasteiger partial charge in [-0.25, -0.2) is 4.39 Å². The molecule has 0 aliphatic carbocycles. The number of aliphatic hydroxyl groups is 1. The first kappa shape index (κ1) is 11.9. The van der Waals surface area contributed by atoms with E-state index in [2.05, 4.69) is 10.1 Å². The number of halogens is 1. The van der Waals surface area contributed by atoms with Gasteiger partial charge in [-0.3, -0.25) is 4.68 Å². The van der Waals surface area contributed by atoms with Gasteiger partial charge in [0.2, 0.25) is 0 Å². The second-order valence-electron chi connectivity index (χ2n) is 4.41. The standard InChI is InChI=1S/C13H13FN4O/c14-9-1-2-10-11(5-16-12(10)3-9)8-4-17-18(6-8)7-13(15)19/h1-6,13,16,19H,7,15H2. The molecule has 2 aromatic heterocycles. The van der Waals surface area contributed by atoms with Gasteiger partial charge < -0.3 is 15.8 Å². The number of aliphatic hydroxyl groups excluding tert-OH is 1. The molecular formula is C13H13FN4O. The predicted octanol–water partition coefficient (Wildman–Crippen LogP) is 1.45. The van der Waals surface area contributed by atoms with Gasteiger partial charge in [0.15, 0.2) is 0 Å². The molecule has 0 radical (unpaired) electrons. The van der Waals surface area contributed by atoms with Crippen molar-refractivity contribution >= 4 is 10.9 Å². The highest BCUT2D eigenvalue weighted by atomic mass is 19.1. The van der Waals surface area contributed by atoms with E-state index in [-0.39, 0.29) is 12.4 Å². The van der Waals surface area contributed by atoms with Gasteiger partial charge in [-0.05, 0) is 18.2 Å². The molecule has 0 aliphatic heterocycles. The number of nitrogens with one attached hydrogen (secondary N) is 1. The molecule has 0 aliphatic rings. The number of rotatable bonds is 3. The molecule has 4 N–H and O–H groups in total. The monoisotopic (exact) mass is 260 g/mol. The highest BCUT2D eigenvalue weighted by molar-refractivity contribution is 5.95. The molecule has 0 bridgehead atoms. The van der Waals surface area contributed by atoms with Crippen LogP contribution in [0.3, 0.4) is 0 Å². The first-order valence-electron chi connectivity index (χ1n) is 5.86. The number of aromatic nitrogens is 3. The largest absolute Gasteiger partial charge is 0.377 e. The van der Waals surface area contributed by atoms with Crippen LogP contribution in [0, 0.1) is 5.82 Å². The summed E-state index contributed by atoms with van der Waals surface area (Å²) in [5, 5.41) is 14.2. The Bertz CT molecular complexity index is 716. The van der Waals surface area contributed by atoms with Crippen molar-refractivity contribution in [1.29, 1.82) is 0 Å². The van der Waals surface area contributed by atoms with Crippen molar-refractivity contribution in [1.82, 2.24) is 14.8 Å². The maximum Gasteiger partial charge on any atom is 0.125 e. The third-order valence-electron chi connectivity index (χ3n) is 2.96. The predicted molar refractivity (Wildman–Crippen MR) is 69.7 cm³/mol. The second kappa shape index (κ2) is 4.49. The first-order chi connectivity index (χ1) is 9.13. The van der Waals surface area contributed by atoms with Gasteiger partial charge in [-0.1, -0.05) is 0 Å². The molecule has 98 valence electrons. The Balaban J connectivity index is 2.02. The van der Waals surface area contributed by atoms with E-state index >= 15 is 0 Å². The fraction of sp³-hybridized carbons (Fsp3) is 0.154. The number of fused-ring (bicyclic) bond motifs is 1. The minimum absolute atomic E-state index is 0.233. The van der Waals surface area contributed by atoms with Crippen molar-refractivity contribution in [2.75, 3.05) is 0 Å². The SMILES string of the molecule is NC(O)Cn1cc(-c2c[nH]c3cc(F)ccc23)cn1. The van der Waals surface area contributed by atoms with Crippen LogP contribution in [-0.2, 0) is 6.54 Å². The summed E-state index contributed by atoms with van der Waals surface area (Å²) in [4.78, 5) is 3.03. The summed E-state index contributed by atoms with van der Waals surface area (Å²) in [5.74, 6) is -0.275. The van der Waals surface area contributed by atoms with Crippen LogP contribution in [-0.4, -0.2) is 26.1 Å². The number of hydrogen-bond acceptors (Lipinski definition) is 3. The lowest BCUT2D eigenvalue weighted by Gasteiger charge is -2.02. The number of nitrogens with zero attached hydrogens (tertiary/aromatic N) is 2. The molecule has 0 saturated carbocycles. The van der Waals surface area contributed by atoms with E-state index in [9.17, 15) is 4.39 Å². The van der Waals surface area contributed by atoms with Crippen molar-refractivity contribution in [3.8, 4) is 11.1 Å². The minimum Gasteiger partial charge on any atom is -0.377 e. The van der Waals surface area contributed by atoms with E-state index in [1.807, 2.05) is 6.20 Å². The van der Waals surface area contributed by atoms with Gasteiger partial charge in [-0.15, -0.1) is 0 Å². The lowest BCUT2D eigenvalue weighted by Crippen LogP contribution is -2.25. The first-order valence-corrected chi connectivity index (χ1v) is 5.86. The topological polar surface area (TPSA) is 79.9 Å². The van der Waals surface area contributed by atoms with Crippen molar-refractivity contribution < 1.29 is 9.50 Å². The van der Waals surface area contributed by atoms with Gasteiger partial charge >= 0.3 is 0 Å². The van der Waals surface area contributed by atoms with Gasteiger partial charge in [0.25, 0.3) is 0 Å². The summed E-state index contributed by atoms with van der Waals surface area (Å²) >= 11 is 0. The number of hydrogen-bond donors (Lipinski definition) is 3. The summed E-state index contributed by atoms with van der Waals surface area (Å²) in [7, 11) is 0. The van der Waals surface area contributed by atoms with Crippen LogP contribution >= 0.6 is 0 Å². The van der Waals surface area contributed by atoms with Crippen LogP contribution in [0.4, 0.5) is 4.39 Å². The fourth-order valence-electron chi connectivity index (χ4n) is 2.13. The van der Waals surface area contributed by atoms with Crippen LogP contribution in [0.5, 0.6) is 0 Å². The van der Waals surface area contributed by atoms with E-state index < -0.39 is 6.23 Å². The average Bonchev–Trinajstić information content (AvgIpc) is 2.93. The highest BCUT2D eigenvalue weighted by Crippen LogP contribution is 2.28. The van der Waals surface area contributed by atoms with Gasteiger partial charge in [0.05, 0.1) is 12.7 Å². The van der Waals surface area contributed by atoms with Crippen LogP contribution < -0.4 is 5.73 Å². The smallest absolute Gasteiger partial charge is 0.125 e. The van der Waals surface area contributed by atoms with Crippen molar-refractivity contribution in [3.05, 3.63) is 42.6 Å². The van der Waals surface area contributed by atoms with E-state index in [0.29, 0.717) is 0 Å². The maximum absolute atomic E-state index is 13.1. The lowest BCUT2D eigenvalue weighted by atomic mass is 10.1. The third-order valence-corrected chi connectivity index (χ3v) is 2.96. The van der Waals surface area contributed by atoms with Crippen molar-refractivity contribution in [2.24, 2.45) is 5.73 Å². The maximum atomic E-state index is 13.1. The quantitative estimate of drug-likeness (QED) is 0.623. The molecule has 2 heterocycles. The molecule has 1 atom stereocenters. The Morgan fingerprint density at radius 2 is 2.32 bits per heavy atom. The van der Waals surface area contributed by atoms with Gasteiger partial charge in [0, 0.05) is 34.4 Å². The van der Waals surface area contributed by atoms with Crippen LogP contribution in [0.15, 0.2) is 36.8 Å². The summed E-state index contributed by atoms with van der Waals surface area (Å²) < 4.78 is 14.7. The molecule has 5 nitrogen and oxygen atoms in total. The molecule has 0 fully saturated rings. The Morgan fingerprint density at radius 1 is 1.47 bits per heavy atom. The summed E-state index contributed by atoms with van der Waals surface area (Å²) in [6, 6.07) is 4.60. The van der Waals surface area contributed by atoms with E-state index in [0.717, 1.165) is 22.0 Å². The summed E-state index contributed by atoms with van der Waals surface area (Å²) in [6.07, 6.45) is 4.35. The molecule has 3 rings (SSSR count). The number of benzene rings is 1. The van der Waals surface area contributed by atoms with Crippen LogP contribution in [0.2, 0.25) is 0 Å². The Kier molecular flexibility index (Phi) is 2.81. The zero-order valence-corrected chi connectivity index (χ0v) is 10.0. The molecule has 6 heteroatoms. The minimum atomic E-state index is -0.940. The van der Waals surface area contributed by atoms with E-state index in [1.54, 1.807) is 23.1 Å². The number of H-pyrrole nitrogens is 1. The fourth-order valence-corrected chi connectivity index (χ4v) is 2.13. The van der Waals surface area contributed by atoms with Crippen molar-refractivity contribution in [2.45, 2.75) is 12.8 Å². The molecule has 1 unspecified atom stereocenters.